The van der Waals surface area contributed by atoms with Crippen LogP contribution in [0.4, 0.5) is 4.79 Å². The zero-order valence-electron chi connectivity index (χ0n) is 29.3. The first-order valence-electron chi connectivity index (χ1n) is 18.1. The molecule has 3 heterocycles. The van der Waals surface area contributed by atoms with Gasteiger partial charge in [-0.25, -0.2) is 9.59 Å². The summed E-state index contributed by atoms with van der Waals surface area (Å²) in [6, 6.07) is 24.8. The number of methoxy groups -OCH3 is 1. The third-order valence-electron chi connectivity index (χ3n) is 10.5. The lowest BCUT2D eigenvalue weighted by Crippen LogP contribution is -2.48. The first kappa shape index (κ1) is 36.0. The van der Waals surface area contributed by atoms with E-state index in [4.69, 9.17) is 14.2 Å². The van der Waals surface area contributed by atoms with Crippen molar-refractivity contribution in [1.29, 1.82) is 0 Å². The summed E-state index contributed by atoms with van der Waals surface area (Å²) in [6.07, 6.45) is 4.63. The van der Waals surface area contributed by atoms with E-state index in [0.29, 0.717) is 12.5 Å². The molecule has 3 aliphatic rings. The van der Waals surface area contributed by atoms with Gasteiger partial charge >= 0.3 is 12.0 Å². The maximum atomic E-state index is 12.8. The first-order valence-corrected chi connectivity index (χ1v) is 18.1. The van der Waals surface area contributed by atoms with E-state index in [1.54, 1.807) is 0 Å². The number of nitrogens with zero attached hydrogens (tertiary/aromatic N) is 2. The molecule has 0 radical (unpaired) electrons. The van der Waals surface area contributed by atoms with Gasteiger partial charge in [-0.2, -0.15) is 0 Å². The molecule has 10 nitrogen and oxygen atoms in total. The first-order chi connectivity index (χ1) is 24.4. The van der Waals surface area contributed by atoms with Crippen molar-refractivity contribution in [3.63, 3.8) is 0 Å². The maximum absolute atomic E-state index is 12.8. The van der Waals surface area contributed by atoms with Crippen molar-refractivity contribution < 1.29 is 28.9 Å². The summed E-state index contributed by atoms with van der Waals surface area (Å²) >= 11 is 0. The fourth-order valence-corrected chi connectivity index (χ4v) is 7.53. The fraction of sp³-hybridized carbons (Fsp3) is 0.500. The van der Waals surface area contributed by atoms with Gasteiger partial charge in [-0.1, -0.05) is 85.8 Å². The Balaban J connectivity index is 1.11. The molecule has 3 saturated heterocycles. The maximum Gasteiger partial charge on any atom is 0.328 e. The highest BCUT2D eigenvalue weighted by atomic mass is 16.7. The lowest BCUT2D eigenvalue weighted by molar-refractivity contribution is -0.276. The minimum Gasteiger partial charge on any atom is -0.467 e. The third-order valence-corrected chi connectivity index (χ3v) is 10.5. The van der Waals surface area contributed by atoms with Crippen molar-refractivity contribution in [1.82, 2.24) is 20.4 Å². The molecule has 268 valence electrons. The molecule has 10 heteroatoms. The molecule has 6 atom stereocenters. The summed E-state index contributed by atoms with van der Waals surface area (Å²) in [5.41, 5.74) is 4.69. The monoisotopic (exact) mass is 684 g/mol. The number of rotatable bonds is 13. The number of nitrogens with one attached hydrogen (secondary N) is 2. The van der Waals surface area contributed by atoms with Gasteiger partial charge in [0, 0.05) is 43.6 Å². The molecule has 3 aromatic carbocycles. The van der Waals surface area contributed by atoms with Gasteiger partial charge in [0.25, 0.3) is 0 Å². The number of hydrogen-bond acceptors (Lipinski definition) is 8. The van der Waals surface area contributed by atoms with E-state index in [9.17, 15) is 14.7 Å². The number of aliphatic hydroxyl groups excluding tert-OH is 1. The van der Waals surface area contributed by atoms with Crippen LogP contribution < -0.4 is 10.6 Å². The van der Waals surface area contributed by atoms with Gasteiger partial charge in [-0.15, -0.1) is 0 Å². The molecule has 0 aromatic heterocycles. The molecule has 3 N–H and O–H groups in total. The number of carbonyl (C=O) groups is 2. The second kappa shape index (κ2) is 17.4. The number of carbonyl (C=O) groups excluding carboxylic acids is 2. The zero-order chi connectivity index (χ0) is 34.9. The van der Waals surface area contributed by atoms with E-state index in [1.165, 1.54) is 45.9 Å². The van der Waals surface area contributed by atoms with Crippen molar-refractivity contribution in [2.75, 3.05) is 39.8 Å². The van der Waals surface area contributed by atoms with Crippen LogP contribution in [0.1, 0.15) is 72.8 Å². The van der Waals surface area contributed by atoms with Gasteiger partial charge in [-0.3, -0.25) is 4.90 Å². The van der Waals surface area contributed by atoms with Crippen LogP contribution in [0, 0.1) is 5.92 Å². The number of aliphatic hydroxyl groups is 1. The molecule has 3 fully saturated rings. The Hall–Kier alpha value is -3.80. The fourth-order valence-electron chi connectivity index (χ4n) is 7.53. The van der Waals surface area contributed by atoms with Crippen LogP contribution in [0.2, 0.25) is 0 Å². The van der Waals surface area contributed by atoms with Gasteiger partial charge in [0.2, 0.25) is 0 Å². The number of ether oxygens (including phenoxy) is 3. The van der Waals surface area contributed by atoms with Gasteiger partial charge in [-0.05, 0) is 67.6 Å². The molecule has 0 unspecified atom stereocenters. The predicted molar refractivity (Wildman–Crippen MR) is 191 cm³/mol. The molecule has 0 spiro atoms. The van der Waals surface area contributed by atoms with Gasteiger partial charge < -0.3 is 34.9 Å². The second-order valence-corrected chi connectivity index (χ2v) is 14.0. The third kappa shape index (κ3) is 9.30. The summed E-state index contributed by atoms with van der Waals surface area (Å²) in [6.45, 7) is 8.02. The Morgan fingerprint density at radius 1 is 0.860 bits per heavy atom. The van der Waals surface area contributed by atoms with Crippen molar-refractivity contribution in [3.05, 3.63) is 107 Å². The standard InChI is InChI=1S/C40H52N4O6/c1-28-36(26-44-22-8-11-34(44)25-43-20-6-7-21-43)49-39(50-37(28)32-16-14-31(27-45)15-17-32)33-18-12-30(13-19-33)24-41-40(47)42-35(38(46)48-2)23-29-9-4-3-5-10-29/h3-5,9-10,12-19,28,34-37,39,45H,6-8,11,20-27H2,1-2H3,(H2,41,42,47)/t28-,34+,35+,36+,37+,39+/m1/s1. The van der Waals surface area contributed by atoms with Gasteiger partial charge in [0.05, 0.1) is 25.9 Å². The van der Waals surface area contributed by atoms with E-state index in [1.807, 2.05) is 66.7 Å². The Labute approximate surface area is 296 Å². The molecular weight excluding hydrogens is 632 g/mol. The highest BCUT2D eigenvalue weighted by Gasteiger charge is 2.41. The highest BCUT2D eigenvalue weighted by molar-refractivity contribution is 5.83. The molecular formula is C40H52N4O6. The van der Waals surface area contributed by atoms with Crippen LogP contribution in [0.3, 0.4) is 0 Å². The number of esters is 1. The quantitative estimate of drug-likeness (QED) is 0.213. The average molecular weight is 685 g/mol. The lowest BCUT2D eigenvalue weighted by Gasteiger charge is -2.43. The molecule has 2 amide bonds. The van der Waals surface area contributed by atoms with Gasteiger partial charge in [0.1, 0.15) is 6.04 Å². The van der Waals surface area contributed by atoms with E-state index in [-0.39, 0.29) is 31.3 Å². The Kier molecular flexibility index (Phi) is 12.5. The van der Waals surface area contributed by atoms with Gasteiger partial charge in [0.15, 0.2) is 6.29 Å². The highest BCUT2D eigenvalue weighted by Crippen LogP contribution is 2.42. The summed E-state index contributed by atoms with van der Waals surface area (Å²) in [4.78, 5) is 30.4. The minimum absolute atomic E-state index is 0.00545. The topological polar surface area (TPSA) is 113 Å². The molecule has 0 saturated carbocycles. The van der Waals surface area contributed by atoms with E-state index in [2.05, 4.69) is 39.5 Å². The van der Waals surface area contributed by atoms with Crippen LogP contribution in [0.25, 0.3) is 0 Å². The van der Waals surface area contributed by atoms with Crippen molar-refractivity contribution >= 4 is 12.0 Å². The number of benzene rings is 3. The zero-order valence-corrected chi connectivity index (χ0v) is 29.3. The normalized spacial score (nSPS) is 24.9. The van der Waals surface area contributed by atoms with Crippen molar-refractivity contribution in [3.8, 4) is 0 Å². The molecule has 50 heavy (non-hydrogen) atoms. The largest absolute Gasteiger partial charge is 0.467 e. The average Bonchev–Trinajstić information content (AvgIpc) is 3.84. The second-order valence-electron chi connectivity index (χ2n) is 14.0. The molecule has 3 aromatic rings. The smallest absolute Gasteiger partial charge is 0.328 e. The molecule has 0 bridgehead atoms. The van der Waals surface area contributed by atoms with Crippen molar-refractivity contribution in [2.24, 2.45) is 5.92 Å². The lowest BCUT2D eigenvalue weighted by atomic mass is 9.90. The Morgan fingerprint density at radius 2 is 1.56 bits per heavy atom. The van der Waals surface area contributed by atoms with Crippen LogP contribution in [0.15, 0.2) is 78.9 Å². The van der Waals surface area contributed by atoms with Crippen LogP contribution in [0.5, 0.6) is 0 Å². The summed E-state index contributed by atoms with van der Waals surface area (Å²) in [5.74, 6) is -0.375. The molecule has 6 rings (SSSR count). The molecule has 3 aliphatic heterocycles. The summed E-state index contributed by atoms with van der Waals surface area (Å²) in [5, 5.41) is 15.2. The van der Waals surface area contributed by atoms with Crippen molar-refractivity contribution in [2.45, 2.75) is 82.8 Å². The molecule has 0 aliphatic carbocycles. The number of amides is 2. The van der Waals surface area contributed by atoms with E-state index >= 15 is 0 Å². The van der Waals surface area contributed by atoms with E-state index < -0.39 is 24.3 Å². The number of urea groups is 1. The Morgan fingerprint density at radius 3 is 2.26 bits per heavy atom. The van der Waals surface area contributed by atoms with E-state index in [0.717, 1.165) is 47.5 Å². The number of likely N-dealkylation sites (tertiary alicyclic amines) is 2. The SMILES string of the molecule is COC(=O)[C@H](Cc1ccccc1)NC(=O)NCc1ccc([C@H]2O[C@@H](CN3CCC[C@H]3CN3CCCC3)[C@@H](C)[C@@H](c3ccc(CO)cc3)O2)cc1. The summed E-state index contributed by atoms with van der Waals surface area (Å²) < 4.78 is 18.4. The van der Waals surface area contributed by atoms with Crippen LogP contribution >= 0.6 is 0 Å². The minimum atomic E-state index is -0.801. The predicted octanol–water partition coefficient (Wildman–Crippen LogP) is 5.11. The van der Waals surface area contributed by atoms with Crippen LogP contribution in [-0.4, -0.2) is 84.9 Å². The van der Waals surface area contributed by atoms with Crippen LogP contribution in [-0.2, 0) is 38.6 Å². The summed E-state index contributed by atoms with van der Waals surface area (Å²) in [7, 11) is 1.32. The Bertz CT molecular complexity index is 1520. The number of hydrogen-bond donors (Lipinski definition) is 3.